The van der Waals surface area contributed by atoms with Gasteiger partial charge in [-0.15, -0.1) is 11.3 Å². The third kappa shape index (κ3) is 3.92. The van der Waals surface area contributed by atoms with E-state index in [4.69, 9.17) is 23.2 Å². The molecule has 0 fully saturated rings. The molecule has 0 bridgehead atoms. The topological polar surface area (TPSA) is 46.4 Å². The number of fused-ring (bicyclic) bond motifs is 1. The van der Waals surface area contributed by atoms with E-state index in [0.717, 1.165) is 28.3 Å². The molecule has 0 unspecified atom stereocenters. The second kappa shape index (κ2) is 7.95. The van der Waals surface area contributed by atoms with Crippen molar-refractivity contribution in [2.24, 2.45) is 0 Å². The number of halogens is 2. The molecule has 142 valence electrons. The molecular formula is C21H17Cl2N3OS. The highest BCUT2D eigenvalue weighted by Gasteiger charge is 2.14. The van der Waals surface area contributed by atoms with E-state index < -0.39 is 0 Å². The molecule has 2 heterocycles. The largest absolute Gasteiger partial charge is 0.324 e. The third-order valence-corrected chi connectivity index (χ3v) is 5.92. The predicted octanol–water partition coefficient (Wildman–Crippen LogP) is 6.11. The summed E-state index contributed by atoms with van der Waals surface area (Å²) in [5, 5.41) is 5.73. The van der Waals surface area contributed by atoms with Gasteiger partial charge in [-0.1, -0.05) is 54.4 Å². The van der Waals surface area contributed by atoms with Gasteiger partial charge in [-0.05, 0) is 30.2 Å². The first-order valence-electron chi connectivity index (χ1n) is 8.83. The second-order valence-electron chi connectivity index (χ2n) is 6.41. The number of hydrogen-bond donors (Lipinski definition) is 1. The number of carbonyl (C=O) groups is 1. The zero-order valence-corrected chi connectivity index (χ0v) is 17.4. The maximum absolute atomic E-state index is 12.5. The molecule has 0 atom stereocenters. The standard InChI is InChI=1S/C21H17Cl2N3OS/c1-2-13-3-5-14(6-4-13)19-11-26-16(12-28-21(26)25-19)10-20(27)24-18-8-7-15(22)9-17(18)23/h3-9,11-12H,2,10H2,1H3,(H,24,27). The van der Waals surface area contributed by atoms with Crippen LogP contribution in [0.2, 0.25) is 10.0 Å². The Hall–Kier alpha value is -2.34. The molecule has 2 aromatic carbocycles. The van der Waals surface area contributed by atoms with Gasteiger partial charge >= 0.3 is 0 Å². The predicted molar refractivity (Wildman–Crippen MR) is 117 cm³/mol. The minimum atomic E-state index is -0.147. The number of nitrogens with zero attached hydrogens (tertiary/aromatic N) is 2. The first-order valence-corrected chi connectivity index (χ1v) is 10.5. The number of nitrogens with one attached hydrogen (secondary N) is 1. The van der Waals surface area contributed by atoms with Crippen molar-refractivity contribution in [2.75, 3.05) is 5.32 Å². The van der Waals surface area contributed by atoms with Crippen LogP contribution >= 0.6 is 34.5 Å². The van der Waals surface area contributed by atoms with E-state index in [9.17, 15) is 4.79 Å². The van der Waals surface area contributed by atoms with Crippen molar-refractivity contribution >= 4 is 51.1 Å². The number of imidazole rings is 1. The number of aryl methyl sites for hydroxylation is 1. The van der Waals surface area contributed by atoms with Crippen molar-refractivity contribution in [1.29, 1.82) is 0 Å². The van der Waals surface area contributed by atoms with Crippen molar-refractivity contribution in [2.45, 2.75) is 19.8 Å². The maximum Gasteiger partial charge on any atom is 0.230 e. The van der Waals surface area contributed by atoms with Crippen LogP contribution in [0, 0.1) is 0 Å². The Balaban J connectivity index is 1.54. The summed E-state index contributed by atoms with van der Waals surface area (Å²) in [6.07, 6.45) is 3.21. The number of amides is 1. The zero-order valence-electron chi connectivity index (χ0n) is 15.1. The highest BCUT2D eigenvalue weighted by molar-refractivity contribution is 7.15. The van der Waals surface area contributed by atoms with Gasteiger partial charge in [-0.25, -0.2) is 4.98 Å². The summed E-state index contributed by atoms with van der Waals surface area (Å²) in [4.78, 5) is 18.0. The monoisotopic (exact) mass is 429 g/mol. The Morgan fingerprint density at radius 1 is 1.18 bits per heavy atom. The van der Waals surface area contributed by atoms with Crippen LogP contribution in [0.5, 0.6) is 0 Å². The Morgan fingerprint density at radius 2 is 1.96 bits per heavy atom. The summed E-state index contributed by atoms with van der Waals surface area (Å²) in [5.41, 5.74) is 4.69. The van der Waals surface area contributed by atoms with Gasteiger partial charge in [0.15, 0.2) is 4.96 Å². The molecule has 4 rings (SSSR count). The Labute approximate surface area is 176 Å². The van der Waals surface area contributed by atoms with E-state index in [2.05, 4.69) is 41.5 Å². The van der Waals surface area contributed by atoms with Gasteiger partial charge in [-0.2, -0.15) is 0 Å². The highest BCUT2D eigenvalue weighted by Crippen LogP contribution is 2.27. The van der Waals surface area contributed by atoms with Gasteiger partial charge in [0.1, 0.15) is 0 Å². The van der Waals surface area contributed by atoms with Crippen LogP contribution in [0.1, 0.15) is 18.2 Å². The molecular weight excluding hydrogens is 413 g/mol. The quantitative estimate of drug-likeness (QED) is 0.415. The van der Waals surface area contributed by atoms with E-state index in [1.165, 1.54) is 16.9 Å². The van der Waals surface area contributed by atoms with Crippen LogP contribution in [0.15, 0.2) is 54.0 Å². The molecule has 1 N–H and O–H groups in total. The molecule has 0 aliphatic rings. The summed E-state index contributed by atoms with van der Waals surface area (Å²) in [6, 6.07) is 13.4. The molecule has 4 nitrogen and oxygen atoms in total. The summed E-state index contributed by atoms with van der Waals surface area (Å²) < 4.78 is 1.97. The third-order valence-electron chi connectivity index (χ3n) is 4.49. The van der Waals surface area contributed by atoms with Crippen LogP contribution in [-0.2, 0) is 17.6 Å². The smallest absolute Gasteiger partial charge is 0.230 e. The lowest BCUT2D eigenvalue weighted by atomic mass is 10.1. The Kier molecular flexibility index (Phi) is 5.40. The normalized spacial score (nSPS) is 11.1. The van der Waals surface area contributed by atoms with Crippen LogP contribution in [-0.4, -0.2) is 15.3 Å². The summed E-state index contributed by atoms with van der Waals surface area (Å²) in [7, 11) is 0. The van der Waals surface area contributed by atoms with E-state index >= 15 is 0 Å². The minimum absolute atomic E-state index is 0.147. The fraction of sp³-hybridized carbons (Fsp3) is 0.143. The van der Waals surface area contributed by atoms with Gasteiger partial charge in [0.25, 0.3) is 0 Å². The molecule has 0 saturated carbocycles. The first kappa shape index (κ1) is 19.0. The van der Waals surface area contributed by atoms with Crippen LogP contribution < -0.4 is 5.32 Å². The van der Waals surface area contributed by atoms with Gasteiger partial charge in [0, 0.05) is 27.9 Å². The lowest BCUT2D eigenvalue weighted by molar-refractivity contribution is -0.115. The Morgan fingerprint density at radius 3 is 2.68 bits per heavy atom. The average Bonchev–Trinajstić information content (AvgIpc) is 3.26. The first-order chi connectivity index (χ1) is 13.5. The van der Waals surface area contributed by atoms with Gasteiger partial charge in [0.05, 0.1) is 22.8 Å². The van der Waals surface area contributed by atoms with Gasteiger partial charge in [-0.3, -0.25) is 9.20 Å². The van der Waals surface area contributed by atoms with E-state index in [1.807, 2.05) is 16.0 Å². The second-order valence-corrected chi connectivity index (χ2v) is 8.09. The molecule has 2 aromatic heterocycles. The molecule has 0 spiro atoms. The SMILES string of the molecule is CCc1ccc(-c2cn3c(CC(=O)Nc4ccc(Cl)cc4Cl)csc3n2)cc1. The summed E-state index contributed by atoms with van der Waals surface area (Å²) in [5.74, 6) is -0.147. The number of benzene rings is 2. The van der Waals surface area contributed by atoms with Gasteiger partial charge in [0.2, 0.25) is 5.91 Å². The number of rotatable bonds is 5. The van der Waals surface area contributed by atoms with Crippen LogP contribution in [0.3, 0.4) is 0 Å². The summed E-state index contributed by atoms with van der Waals surface area (Å²) >= 11 is 13.5. The van der Waals surface area contributed by atoms with Crippen molar-refractivity contribution in [3.05, 3.63) is 75.3 Å². The number of thiazole rings is 1. The van der Waals surface area contributed by atoms with Crippen LogP contribution in [0.25, 0.3) is 16.2 Å². The van der Waals surface area contributed by atoms with E-state index in [1.54, 1.807) is 18.2 Å². The zero-order chi connectivity index (χ0) is 19.7. The number of anilines is 1. The average molecular weight is 430 g/mol. The number of carbonyl (C=O) groups excluding carboxylic acids is 1. The molecule has 0 aliphatic heterocycles. The van der Waals surface area contributed by atoms with Gasteiger partial charge < -0.3 is 5.32 Å². The lowest BCUT2D eigenvalue weighted by Gasteiger charge is -2.07. The van der Waals surface area contributed by atoms with E-state index in [-0.39, 0.29) is 12.3 Å². The lowest BCUT2D eigenvalue weighted by Crippen LogP contribution is -2.15. The number of aromatic nitrogens is 2. The molecule has 7 heteroatoms. The van der Waals surface area contributed by atoms with Crippen molar-refractivity contribution in [3.63, 3.8) is 0 Å². The maximum atomic E-state index is 12.5. The molecule has 0 aliphatic carbocycles. The molecule has 0 saturated heterocycles. The Bertz CT molecular complexity index is 1150. The van der Waals surface area contributed by atoms with Crippen LogP contribution in [0.4, 0.5) is 5.69 Å². The van der Waals surface area contributed by atoms with E-state index in [0.29, 0.717) is 15.7 Å². The number of hydrogen-bond acceptors (Lipinski definition) is 3. The fourth-order valence-electron chi connectivity index (χ4n) is 2.96. The minimum Gasteiger partial charge on any atom is -0.324 e. The molecule has 4 aromatic rings. The highest BCUT2D eigenvalue weighted by atomic mass is 35.5. The molecule has 0 radical (unpaired) electrons. The molecule has 28 heavy (non-hydrogen) atoms. The van der Waals surface area contributed by atoms with Crippen molar-refractivity contribution in [1.82, 2.24) is 9.38 Å². The summed E-state index contributed by atoms with van der Waals surface area (Å²) in [6.45, 7) is 2.14. The van der Waals surface area contributed by atoms with Crippen molar-refractivity contribution in [3.8, 4) is 11.3 Å². The van der Waals surface area contributed by atoms with Crippen molar-refractivity contribution < 1.29 is 4.79 Å². The molecule has 1 amide bonds. The fourth-order valence-corrected chi connectivity index (χ4v) is 4.29.